The molecule has 3 N–H and O–H groups in total. The van der Waals surface area contributed by atoms with Crippen molar-refractivity contribution in [1.29, 1.82) is 0 Å². The number of fused-ring (bicyclic) bond motifs is 1. The number of hydrogen-bond acceptors (Lipinski definition) is 7. The number of nitrogens with one attached hydrogen (secondary N) is 3. The lowest BCUT2D eigenvalue weighted by Crippen LogP contribution is -2.16. The molecule has 0 saturated carbocycles. The van der Waals surface area contributed by atoms with Gasteiger partial charge in [0.05, 0.1) is 23.3 Å². The number of rotatable bonds is 6. The van der Waals surface area contributed by atoms with Gasteiger partial charge >= 0.3 is 0 Å². The second-order valence-electron chi connectivity index (χ2n) is 7.06. The van der Waals surface area contributed by atoms with E-state index in [0.717, 1.165) is 5.39 Å². The third-order valence-corrected chi connectivity index (χ3v) is 6.53. The van der Waals surface area contributed by atoms with Gasteiger partial charge in [0.25, 0.3) is 10.0 Å². The molecule has 0 aliphatic heterocycles. The minimum Gasteiger partial charge on any atom is -0.480 e. The van der Waals surface area contributed by atoms with Crippen LogP contribution in [0.4, 0.5) is 10.1 Å². The fourth-order valence-corrected chi connectivity index (χ4v) is 4.85. The third kappa shape index (κ3) is 3.82. The maximum Gasteiger partial charge on any atom is 0.267 e. The smallest absolute Gasteiger partial charge is 0.267 e. The molecule has 0 aliphatic rings. The second-order valence-corrected chi connectivity index (χ2v) is 9.15. The predicted octanol–water partition coefficient (Wildman–Crippen LogP) is 4.01. The van der Waals surface area contributed by atoms with Gasteiger partial charge in [-0.1, -0.05) is 17.7 Å². The standard InChI is InChI=1S/C21H15ClFN7O3S/c1-33-21-16(9-12(22)10-27-21)34(31,32)30-14-4-5-24-18(17(14)23)11-2-3-13-15(8-11)28-29-19(13)20-25-6-7-26-20/h2-10H,1H3,(H,24,30)(H,25,26)(H,28,29). The minimum absolute atomic E-state index is 0.0487. The Morgan fingerprint density at radius 1 is 1.09 bits per heavy atom. The molecule has 172 valence electrons. The number of benzene rings is 1. The zero-order chi connectivity index (χ0) is 23.9. The van der Waals surface area contributed by atoms with Gasteiger partial charge in [-0.2, -0.15) is 5.10 Å². The van der Waals surface area contributed by atoms with Crippen molar-refractivity contribution in [1.82, 2.24) is 30.1 Å². The number of aromatic amines is 2. The summed E-state index contributed by atoms with van der Waals surface area (Å²) in [5.74, 6) is -0.445. The largest absolute Gasteiger partial charge is 0.480 e. The zero-order valence-corrected chi connectivity index (χ0v) is 18.9. The minimum atomic E-state index is -4.27. The van der Waals surface area contributed by atoms with Crippen LogP contribution in [0.5, 0.6) is 5.88 Å². The van der Waals surface area contributed by atoms with Crippen molar-refractivity contribution in [2.45, 2.75) is 4.90 Å². The normalized spacial score (nSPS) is 11.6. The van der Waals surface area contributed by atoms with E-state index in [4.69, 9.17) is 16.3 Å². The molecule has 13 heteroatoms. The number of H-pyrrole nitrogens is 2. The zero-order valence-electron chi connectivity index (χ0n) is 17.4. The number of aromatic nitrogens is 6. The van der Waals surface area contributed by atoms with E-state index < -0.39 is 15.8 Å². The van der Waals surface area contributed by atoms with Gasteiger partial charge in [0.1, 0.15) is 11.4 Å². The Kier molecular flexibility index (Phi) is 5.38. The number of imidazole rings is 1. The molecule has 0 fully saturated rings. The molecule has 0 unspecified atom stereocenters. The predicted molar refractivity (Wildman–Crippen MR) is 123 cm³/mol. The van der Waals surface area contributed by atoms with Crippen LogP contribution >= 0.6 is 11.6 Å². The second kappa shape index (κ2) is 8.39. The lowest BCUT2D eigenvalue weighted by Gasteiger charge is -2.13. The molecule has 1 aromatic carbocycles. The molecule has 0 spiro atoms. The van der Waals surface area contributed by atoms with Crippen LogP contribution in [0.25, 0.3) is 33.7 Å². The maximum atomic E-state index is 15.4. The van der Waals surface area contributed by atoms with E-state index in [1.807, 2.05) is 0 Å². The van der Waals surface area contributed by atoms with Crippen LogP contribution in [0.2, 0.25) is 5.02 Å². The fraction of sp³-hybridized carbons (Fsp3) is 0.0476. The molecule has 4 aromatic heterocycles. The Morgan fingerprint density at radius 3 is 2.71 bits per heavy atom. The van der Waals surface area contributed by atoms with E-state index in [1.165, 1.54) is 31.6 Å². The number of nitrogens with zero attached hydrogens (tertiary/aromatic N) is 4. The lowest BCUT2D eigenvalue weighted by atomic mass is 10.1. The third-order valence-electron chi connectivity index (χ3n) is 4.96. The fourth-order valence-electron chi connectivity index (χ4n) is 3.42. The molecule has 0 amide bonds. The Morgan fingerprint density at radius 2 is 1.94 bits per heavy atom. The van der Waals surface area contributed by atoms with E-state index in [0.29, 0.717) is 22.6 Å². The van der Waals surface area contributed by atoms with Gasteiger partial charge in [-0.3, -0.25) is 14.8 Å². The molecular formula is C21H15ClFN7O3S. The van der Waals surface area contributed by atoms with Crippen molar-refractivity contribution in [3.8, 4) is 28.7 Å². The van der Waals surface area contributed by atoms with Crippen molar-refractivity contribution in [2.24, 2.45) is 0 Å². The summed E-state index contributed by atoms with van der Waals surface area (Å²) in [5, 5.41) is 8.01. The highest BCUT2D eigenvalue weighted by atomic mass is 35.5. The number of sulfonamides is 1. The number of anilines is 1. The number of ether oxygens (including phenoxy) is 1. The number of hydrogen-bond donors (Lipinski definition) is 3. The van der Waals surface area contributed by atoms with Crippen molar-refractivity contribution in [3.05, 3.63) is 66.0 Å². The summed E-state index contributed by atoms with van der Waals surface area (Å²) in [6, 6.07) is 7.47. The maximum absolute atomic E-state index is 15.4. The van der Waals surface area contributed by atoms with Crippen LogP contribution in [0.15, 0.2) is 60.0 Å². The van der Waals surface area contributed by atoms with Crippen molar-refractivity contribution < 1.29 is 17.5 Å². The molecule has 0 aliphatic carbocycles. The number of pyridine rings is 2. The number of methoxy groups -OCH3 is 1. The Labute approximate surface area is 197 Å². The molecule has 0 radical (unpaired) electrons. The molecule has 5 rings (SSSR count). The van der Waals surface area contributed by atoms with Crippen molar-refractivity contribution in [3.63, 3.8) is 0 Å². The molecule has 4 heterocycles. The topological polar surface area (TPSA) is 139 Å². The Balaban J connectivity index is 1.52. The van der Waals surface area contributed by atoms with Crippen LogP contribution in [-0.2, 0) is 10.0 Å². The van der Waals surface area contributed by atoms with Crippen LogP contribution in [0, 0.1) is 5.82 Å². The van der Waals surface area contributed by atoms with E-state index in [1.54, 1.807) is 30.6 Å². The first-order valence-corrected chi connectivity index (χ1v) is 11.6. The summed E-state index contributed by atoms with van der Waals surface area (Å²) >= 11 is 5.89. The number of halogens is 2. The molecule has 0 bridgehead atoms. The van der Waals surface area contributed by atoms with Gasteiger partial charge in [-0.05, 0) is 24.3 Å². The summed E-state index contributed by atoms with van der Waals surface area (Å²) in [6.07, 6.45) is 5.85. The highest BCUT2D eigenvalue weighted by molar-refractivity contribution is 7.92. The summed E-state index contributed by atoms with van der Waals surface area (Å²) < 4.78 is 48.5. The van der Waals surface area contributed by atoms with Crippen molar-refractivity contribution in [2.75, 3.05) is 11.8 Å². The highest BCUT2D eigenvalue weighted by Crippen LogP contribution is 2.32. The first-order valence-electron chi connectivity index (χ1n) is 9.72. The van der Waals surface area contributed by atoms with E-state index in [-0.39, 0.29) is 27.2 Å². The monoisotopic (exact) mass is 499 g/mol. The molecule has 0 atom stereocenters. The SMILES string of the molecule is COc1ncc(Cl)cc1S(=O)(=O)Nc1ccnc(-c2ccc3c(-c4ncc[nH]4)n[nH]c3c2)c1F. The highest BCUT2D eigenvalue weighted by Gasteiger charge is 2.24. The van der Waals surface area contributed by atoms with Gasteiger partial charge in [0.2, 0.25) is 5.88 Å². The van der Waals surface area contributed by atoms with Gasteiger partial charge in [-0.15, -0.1) is 0 Å². The van der Waals surface area contributed by atoms with Gasteiger partial charge in [0, 0.05) is 35.7 Å². The average Bonchev–Trinajstić information content (AvgIpc) is 3.49. The van der Waals surface area contributed by atoms with Crippen LogP contribution in [0.3, 0.4) is 0 Å². The van der Waals surface area contributed by atoms with Gasteiger partial charge < -0.3 is 9.72 Å². The van der Waals surface area contributed by atoms with E-state index >= 15 is 4.39 Å². The van der Waals surface area contributed by atoms with E-state index in [2.05, 4.69) is 34.9 Å². The van der Waals surface area contributed by atoms with Gasteiger partial charge in [-0.25, -0.2) is 22.8 Å². The Bertz CT molecular complexity index is 1620. The summed E-state index contributed by atoms with van der Waals surface area (Å²) in [6.45, 7) is 0. The van der Waals surface area contributed by atoms with Gasteiger partial charge in [0.15, 0.2) is 16.5 Å². The average molecular weight is 500 g/mol. The van der Waals surface area contributed by atoms with Crippen LogP contribution in [0.1, 0.15) is 0 Å². The molecule has 10 nitrogen and oxygen atoms in total. The molecule has 34 heavy (non-hydrogen) atoms. The van der Waals surface area contributed by atoms with Crippen molar-refractivity contribution >= 4 is 38.2 Å². The van der Waals surface area contributed by atoms with E-state index in [9.17, 15) is 8.42 Å². The summed E-state index contributed by atoms with van der Waals surface area (Å²) in [4.78, 5) is 14.8. The Hall–Kier alpha value is -4.03. The molecule has 5 aromatic rings. The summed E-state index contributed by atoms with van der Waals surface area (Å²) in [7, 11) is -3.01. The lowest BCUT2D eigenvalue weighted by molar-refractivity contribution is 0.385. The molecular weight excluding hydrogens is 485 g/mol. The first-order chi connectivity index (χ1) is 16.4. The van der Waals surface area contributed by atoms with Crippen LogP contribution < -0.4 is 9.46 Å². The first kappa shape index (κ1) is 21.8. The van der Waals surface area contributed by atoms with Crippen LogP contribution in [-0.4, -0.2) is 45.7 Å². The quantitative estimate of drug-likeness (QED) is 0.321. The molecule has 0 saturated heterocycles. The summed E-state index contributed by atoms with van der Waals surface area (Å²) in [5.41, 5.74) is 1.32.